The third-order valence-corrected chi connectivity index (χ3v) is 2.42. The summed E-state index contributed by atoms with van der Waals surface area (Å²) in [6.07, 6.45) is 0. The molecule has 0 fully saturated rings. The first-order valence-corrected chi connectivity index (χ1v) is 5.37. The summed E-state index contributed by atoms with van der Waals surface area (Å²) in [5.41, 5.74) is 0.771. The Hall–Kier alpha value is -2.83. The molecule has 0 aliphatic rings. The van der Waals surface area contributed by atoms with E-state index < -0.39 is 11.9 Å². The van der Waals surface area contributed by atoms with Gasteiger partial charge in [0.1, 0.15) is 5.75 Å². The van der Waals surface area contributed by atoms with Gasteiger partial charge in [0, 0.05) is 5.69 Å². The van der Waals surface area contributed by atoms with Gasteiger partial charge in [0.25, 0.3) is 5.91 Å². The Labute approximate surface area is 107 Å². The van der Waals surface area contributed by atoms with Crippen LogP contribution in [0.15, 0.2) is 24.3 Å². The van der Waals surface area contributed by atoms with Crippen molar-refractivity contribution >= 4 is 17.6 Å². The predicted octanol–water partition coefficient (Wildman–Crippen LogP) is 1.37. The number of amides is 1. The van der Waals surface area contributed by atoms with Crippen LogP contribution in [0.4, 0.5) is 5.69 Å². The molecule has 2 aromatic rings. The molecule has 1 aromatic carbocycles. The Morgan fingerprint density at radius 2 is 2.05 bits per heavy atom. The summed E-state index contributed by atoms with van der Waals surface area (Å²) >= 11 is 0. The Morgan fingerprint density at radius 1 is 1.32 bits per heavy atom. The zero-order chi connectivity index (χ0) is 14.0. The van der Waals surface area contributed by atoms with Gasteiger partial charge in [-0.15, -0.1) is 0 Å². The molecule has 1 aromatic heterocycles. The van der Waals surface area contributed by atoms with Crippen LogP contribution < -0.4 is 5.32 Å². The average Bonchev–Trinajstić information content (AvgIpc) is 2.78. The lowest BCUT2D eigenvalue weighted by atomic mass is 10.1. The first-order valence-electron chi connectivity index (χ1n) is 5.37. The van der Waals surface area contributed by atoms with E-state index in [2.05, 4.69) is 15.5 Å². The van der Waals surface area contributed by atoms with Crippen molar-refractivity contribution in [3.05, 3.63) is 41.2 Å². The maximum atomic E-state index is 11.8. The van der Waals surface area contributed by atoms with Gasteiger partial charge in [-0.1, -0.05) is 0 Å². The van der Waals surface area contributed by atoms with Gasteiger partial charge in [-0.05, 0) is 31.2 Å². The van der Waals surface area contributed by atoms with Crippen molar-refractivity contribution in [3.63, 3.8) is 0 Å². The maximum Gasteiger partial charge on any atom is 0.337 e. The second kappa shape index (κ2) is 4.81. The Kier molecular flexibility index (Phi) is 3.19. The standard InChI is InChI=1S/C12H11N3O4/c1-6-4-10(15-14-6)11(17)13-9-3-2-7(16)5-8(9)12(18)19/h2-5,16H,1H3,(H,13,17)(H,14,15)(H,18,19). The highest BCUT2D eigenvalue weighted by molar-refractivity contribution is 6.06. The summed E-state index contributed by atoms with van der Waals surface area (Å²) in [4.78, 5) is 22.9. The van der Waals surface area contributed by atoms with Gasteiger partial charge in [0.15, 0.2) is 5.69 Å². The van der Waals surface area contributed by atoms with E-state index in [4.69, 9.17) is 5.11 Å². The number of carbonyl (C=O) groups is 2. The molecular formula is C12H11N3O4. The summed E-state index contributed by atoms with van der Waals surface area (Å²) in [6, 6.07) is 5.21. The predicted molar refractivity (Wildman–Crippen MR) is 66.3 cm³/mol. The SMILES string of the molecule is Cc1cc(C(=O)Nc2ccc(O)cc2C(=O)O)n[nH]1. The van der Waals surface area contributed by atoms with E-state index >= 15 is 0 Å². The average molecular weight is 261 g/mol. The van der Waals surface area contributed by atoms with Crippen molar-refractivity contribution < 1.29 is 19.8 Å². The molecule has 0 saturated heterocycles. The summed E-state index contributed by atoms with van der Waals surface area (Å²) in [5.74, 6) is -1.96. The minimum Gasteiger partial charge on any atom is -0.508 e. The number of hydrogen-bond acceptors (Lipinski definition) is 4. The molecule has 7 nitrogen and oxygen atoms in total. The monoisotopic (exact) mass is 261 g/mol. The van der Waals surface area contributed by atoms with Crippen molar-refractivity contribution in [1.29, 1.82) is 0 Å². The van der Waals surface area contributed by atoms with Crippen LogP contribution in [0.2, 0.25) is 0 Å². The molecular weight excluding hydrogens is 250 g/mol. The van der Waals surface area contributed by atoms with Crippen LogP contribution in [0.5, 0.6) is 5.75 Å². The molecule has 0 aliphatic heterocycles. The van der Waals surface area contributed by atoms with Crippen LogP contribution in [0.3, 0.4) is 0 Å². The normalized spacial score (nSPS) is 10.2. The smallest absolute Gasteiger partial charge is 0.337 e. The second-order valence-corrected chi connectivity index (χ2v) is 3.93. The van der Waals surface area contributed by atoms with Gasteiger partial charge >= 0.3 is 5.97 Å². The molecule has 2 rings (SSSR count). The van der Waals surface area contributed by atoms with Crippen molar-refractivity contribution in [2.24, 2.45) is 0 Å². The summed E-state index contributed by atoms with van der Waals surface area (Å²) in [7, 11) is 0. The highest BCUT2D eigenvalue weighted by Crippen LogP contribution is 2.21. The molecule has 4 N–H and O–H groups in total. The molecule has 0 spiro atoms. The van der Waals surface area contributed by atoms with Crippen molar-refractivity contribution in [3.8, 4) is 5.75 Å². The number of aromatic carboxylic acids is 1. The summed E-state index contributed by atoms with van der Waals surface area (Å²) in [6.45, 7) is 1.74. The third kappa shape index (κ3) is 2.71. The molecule has 1 amide bonds. The fraction of sp³-hybridized carbons (Fsp3) is 0.0833. The fourth-order valence-electron chi connectivity index (χ4n) is 1.54. The molecule has 0 atom stereocenters. The van der Waals surface area contributed by atoms with Crippen LogP contribution in [0, 0.1) is 6.92 Å². The van der Waals surface area contributed by atoms with Gasteiger partial charge < -0.3 is 15.5 Å². The number of aryl methyl sites for hydroxylation is 1. The number of hydrogen-bond donors (Lipinski definition) is 4. The van der Waals surface area contributed by atoms with Crippen LogP contribution in [0.1, 0.15) is 26.5 Å². The van der Waals surface area contributed by atoms with E-state index in [0.717, 1.165) is 6.07 Å². The van der Waals surface area contributed by atoms with Crippen molar-refractivity contribution in [1.82, 2.24) is 10.2 Å². The van der Waals surface area contributed by atoms with Crippen LogP contribution in [-0.4, -0.2) is 32.3 Å². The second-order valence-electron chi connectivity index (χ2n) is 3.93. The summed E-state index contributed by atoms with van der Waals surface area (Å²) < 4.78 is 0. The van der Waals surface area contributed by atoms with E-state index in [1.807, 2.05) is 0 Å². The minimum atomic E-state index is -1.25. The Bertz CT molecular complexity index is 648. The number of nitrogens with zero attached hydrogens (tertiary/aromatic N) is 1. The van der Waals surface area contributed by atoms with Gasteiger partial charge in [-0.25, -0.2) is 4.79 Å². The number of aromatic amines is 1. The largest absolute Gasteiger partial charge is 0.508 e. The highest BCUT2D eigenvalue weighted by atomic mass is 16.4. The Morgan fingerprint density at radius 3 is 2.63 bits per heavy atom. The number of phenols is 1. The first kappa shape index (κ1) is 12.6. The van der Waals surface area contributed by atoms with Gasteiger partial charge in [0.05, 0.1) is 11.3 Å². The number of carboxylic acid groups (broad SMARTS) is 1. The van der Waals surface area contributed by atoms with Crippen LogP contribution in [-0.2, 0) is 0 Å². The first-order chi connectivity index (χ1) is 8.97. The molecule has 1 heterocycles. The number of aromatic nitrogens is 2. The quantitative estimate of drug-likeness (QED) is 0.623. The van der Waals surface area contributed by atoms with Crippen LogP contribution >= 0.6 is 0 Å². The summed E-state index contributed by atoms with van der Waals surface area (Å²) in [5, 5.41) is 27.1. The molecule has 0 bridgehead atoms. The fourth-order valence-corrected chi connectivity index (χ4v) is 1.54. The number of anilines is 1. The molecule has 7 heteroatoms. The Balaban J connectivity index is 2.28. The van der Waals surface area contributed by atoms with Crippen molar-refractivity contribution in [2.45, 2.75) is 6.92 Å². The lowest BCUT2D eigenvalue weighted by Gasteiger charge is -2.07. The number of carbonyl (C=O) groups excluding carboxylic acids is 1. The topological polar surface area (TPSA) is 115 Å². The molecule has 98 valence electrons. The van der Waals surface area contributed by atoms with E-state index in [9.17, 15) is 14.7 Å². The van der Waals surface area contributed by atoms with Crippen molar-refractivity contribution in [2.75, 3.05) is 5.32 Å². The van der Waals surface area contributed by atoms with Gasteiger partial charge in [-0.2, -0.15) is 5.10 Å². The molecule has 0 unspecified atom stereocenters. The lowest BCUT2D eigenvalue weighted by molar-refractivity contribution is 0.0697. The third-order valence-electron chi connectivity index (χ3n) is 2.42. The van der Waals surface area contributed by atoms with E-state index in [-0.39, 0.29) is 22.7 Å². The van der Waals surface area contributed by atoms with E-state index in [1.165, 1.54) is 18.2 Å². The highest BCUT2D eigenvalue weighted by Gasteiger charge is 2.15. The van der Waals surface area contributed by atoms with Gasteiger partial charge in [0.2, 0.25) is 0 Å². The lowest BCUT2D eigenvalue weighted by Crippen LogP contribution is -2.15. The van der Waals surface area contributed by atoms with Gasteiger partial charge in [-0.3, -0.25) is 9.89 Å². The molecule has 19 heavy (non-hydrogen) atoms. The van der Waals surface area contributed by atoms with Crippen LogP contribution in [0.25, 0.3) is 0 Å². The minimum absolute atomic E-state index is 0.0935. The zero-order valence-corrected chi connectivity index (χ0v) is 9.97. The molecule has 0 radical (unpaired) electrons. The molecule has 0 aliphatic carbocycles. The van der Waals surface area contributed by atoms with E-state index in [1.54, 1.807) is 6.92 Å². The number of H-pyrrole nitrogens is 1. The number of carboxylic acids is 1. The maximum absolute atomic E-state index is 11.8. The number of benzene rings is 1. The zero-order valence-electron chi connectivity index (χ0n) is 9.97. The molecule has 0 saturated carbocycles. The number of phenolic OH excluding ortho intramolecular Hbond substituents is 1. The number of rotatable bonds is 3. The van der Waals surface area contributed by atoms with E-state index in [0.29, 0.717) is 5.69 Å². The number of aromatic hydroxyl groups is 1. The number of nitrogens with one attached hydrogen (secondary N) is 2.